The van der Waals surface area contributed by atoms with E-state index in [2.05, 4.69) is 112 Å². The molecule has 1 N–H and O–H groups in total. The van der Waals surface area contributed by atoms with Crippen molar-refractivity contribution >= 4 is 34.5 Å². The van der Waals surface area contributed by atoms with E-state index in [1.807, 2.05) is 42.5 Å². The van der Waals surface area contributed by atoms with Crippen molar-refractivity contribution < 1.29 is 9.47 Å². The largest absolute Gasteiger partial charge is 0.458 e. The Morgan fingerprint density at radius 3 is 1.90 bits per heavy atom. The molecule has 1 atom stereocenters. The molecule has 5 heteroatoms. The maximum atomic E-state index is 6.92. The maximum absolute atomic E-state index is 6.92. The Bertz CT molecular complexity index is 1670. The molecule has 1 aliphatic heterocycles. The Morgan fingerprint density at radius 1 is 0.659 bits per heavy atom. The molecule has 0 radical (unpaired) electrons. The molecule has 5 aromatic carbocycles. The SMILES string of the molecule is Cc1ccccc1Oc1c(B2c3ccccc3Oc3ccccc32)ccc(C)c1N[C@@H](C)N(C)c1ccccc1C. The Morgan fingerprint density at radius 2 is 1.24 bits per heavy atom. The van der Waals surface area contributed by atoms with Crippen molar-refractivity contribution in [2.24, 2.45) is 0 Å². The predicted octanol–water partition coefficient (Wildman–Crippen LogP) is 6.92. The number of ether oxygens (including phenoxy) is 2. The molecule has 0 unspecified atom stereocenters. The van der Waals surface area contributed by atoms with Gasteiger partial charge in [-0.25, -0.2) is 0 Å². The van der Waals surface area contributed by atoms with Gasteiger partial charge in [0, 0.05) is 12.7 Å². The Kier molecular flexibility index (Phi) is 7.19. The molecule has 0 spiro atoms. The van der Waals surface area contributed by atoms with Crippen LogP contribution in [0.1, 0.15) is 23.6 Å². The van der Waals surface area contributed by atoms with Crippen molar-refractivity contribution in [2.75, 3.05) is 17.3 Å². The van der Waals surface area contributed by atoms with Crippen LogP contribution < -0.4 is 36.1 Å². The zero-order valence-electron chi connectivity index (χ0n) is 24.3. The standard InChI is InChI=1S/C36H35BN2O2/c1-24-14-6-10-18-31(24)39(5)27(4)38-35-26(3)22-23-30(36(35)41-32-19-11-7-15-25(32)2)37-28-16-8-12-20-33(28)40-34-21-13-9-17-29(34)37/h6-23,27,38H,1-5H3/t27-/m1/s1. The molecule has 0 fully saturated rings. The fourth-order valence-electron chi connectivity index (χ4n) is 5.71. The first kappa shape index (κ1) is 26.6. The fraction of sp³-hybridized carbons (Fsp3) is 0.167. The first-order valence-corrected chi connectivity index (χ1v) is 14.2. The van der Waals surface area contributed by atoms with Crippen LogP contribution in [0, 0.1) is 20.8 Å². The molecule has 0 aromatic heterocycles. The minimum Gasteiger partial charge on any atom is -0.458 e. The monoisotopic (exact) mass is 538 g/mol. The summed E-state index contributed by atoms with van der Waals surface area (Å²) in [7, 11) is 2.13. The van der Waals surface area contributed by atoms with E-state index in [-0.39, 0.29) is 12.9 Å². The van der Waals surface area contributed by atoms with Gasteiger partial charge in [-0.15, -0.1) is 0 Å². The summed E-state index contributed by atoms with van der Waals surface area (Å²) in [6, 6.07) is 37.7. The first-order chi connectivity index (χ1) is 19.9. The third-order valence-electron chi connectivity index (χ3n) is 8.12. The van der Waals surface area contributed by atoms with Crippen LogP contribution in [0.4, 0.5) is 11.4 Å². The summed E-state index contributed by atoms with van der Waals surface area (Å²) in [6.07, 6.45) is -0.00136. The lowest BCUT2D eigenvalue weighted by molar-refractivity contribution is 0.482. The van der Waals surface area contributed by atoms with Crippen LogP contribution in [-0.2, 0) is 0 Å². The topological polar surface area (TPSA) is 33.7 Å². The van der Waals surface area contributed by atoms with E-state index in [1.165, 1.54) is 11.3 Å². The number of hydrogen-bond donors (Lipinski definition) is 1. The van der Waals surface area contributed by atoms with Gasteiger partial charge in [0.25, 0.3) is 6.71 Å². The third-order valence-corrected chi connectivity index (χ3v) is 8.12. The number of fused-ring (bicyclic) bond motifs is 2. The first-order valence-electron chi connectivity index (χ1n) is 14.2. The molecule has 204 valence electrons. The molecular formula is C36H35BN2O2. The molecule has 0 amide bonds. The highest BCUT2D eigenvalue weighted by atomic mass is 16.5. The van der Waals surface area contributed by atoms with Crippen LogP contribution >= 0.6 is 0 Å². The lowest BCUT2D eigenvalue weighted by Crippen LogP contribution is -2.55. The predicted molar refractivity (Wildman–Crippen MR) is 173 cm³/mol. The van der Waals surface area contributed by atoms with Gasteiger partial charge in [0.15, 0.2) is 0 Å². The van der Waals surface area contributed by atoms with Gasteiger partial charge in [-0.3, -0.25) is 0 Å². The fourth-order valence-corrected chi connectivity index (χ4v) is 5.71. The summed E-state index contributed by atoms with van der Waals surface area (Å²) in [5, 5.41) is 3.84. The number of nitrogens with zero attached hydrogens (tertiary/aromatic N) is 1. The summed E-state index contributed by atoms with van der Waals surface area (Å²) < 4.78 is 13.3. The van der Waals surface area contributed by atoms with Crippen molar-refractivity contribution in [3.63, 3.8) is 0 Å². The smallest absolute Gasteiger partial charge is 0.255 e. The minimum absolute atomic E-state index is 0.00136. The quantitative estimate of drug-likeness (QED) is 0.177. The number of nitrogens with one attached hydrogen (secondary N) is 1. The highest BCUT2D eigenvalue weighted by Crippen LogP contribution is 2.35. The van der Waals surface area contributed by atoms with Gasteiger partial charge in [0.1, 0.15) is 23.0 Å². The Balaban J connectivity index is 1.52. The van der Waals surface area contributed by atoms with Gasteiger partial charge >= 0.3 is 0 Å². The van der Waals surface area contributed by atoms with Gasteiger partial charge < -0.3 is 19.7 Å². The van der Waals surface area contributed by atoms with Crippen LogP contribution in [0.15, 0.2) is 109 Å². The van der Waals surface area contributed by atoms with E-state index < -0.39 is 0 Å². The van der Waals surface area contributed by atoms with Crippen LogP contribution in [0.3, 0.4) is 0 Å². The number of anilines is 2. The van der Waals surface area contributed by atoms with Gasteiger partial charge in [-0.2, -0.15) is 0 Å². The zero-order valence-corrected chi connectivity index (χ0v) is 24.3. The lowest BCUT2D eigenvalue weighted by Gasteiger charge is -2.33. The molecule has 0 saturated heterocycles. The molecule has 1 heterocycles. The molecule has 6 rings (SSSR count). The van der Waals surface area contributed by atoms with Crippen LogP contribution in [0.5, 0.6) is 23.0 Å². The highest BCUT2D eigenvalue weighted by molar-refractivity contribution is 6.97. The van der Waals surface area contributed by atoms with E-state index in [1.54, 1.807) is 0 Å². The van der Waals surface area contributed by atoms with Crippen molar-refractivity contribution in [3.8, 4) is 23.0 Å². The summed E-state index contributed by atoms with van der Waals surface area (Å²) >= 11 is 0. The van der Waals surface area contributed by atoms with Crippen molar-refractivity contribution in [3.05, 3.63) is 126 Å². The molecule has 0 saturated carbocycles. The molecule has 41 heavy (non-hydrogen) atoms. The number of rotatable bonds is 7. The summed E-state index contributed by atoms with van der Waals surface area (Å²) in [4.78, 5) is 2.28. The van der Waals surface area contributed by atoms with E-state index in [0.29, 0.717) is 0 Å². The van der Waals surface area contributed by atoms with E-state index >= 15 is 0 Å². The molecule has 5 aromatic rings. The Labute approximate surface area is 243 Å². The van der Waals surface area contributed by atoms with Crippen molar-refractivity contribution in [1.29, 1.82) is 0 Å². The molecular weight excluding hydrogens is 503 g/mol. The summed E-state index contributed by atoms with van der Waals surface area (Å²) in [6.45, 7) is 8.52. The van der Waals surface area contributed by atoms with Gasteiger partial charge in [0.2, 0.25) is 0 Å². The van der Waals surface area contributed by atoms with Gasteiger partial charge in [-0.1, -0.05) is 84.9 Å². The third kappa shape index (κ3) is 5.04. The number of aryl methyl sites for hydroxylation is 3. The van der Waals surface area contributed by atoms with Crippen LogP contribution in [0.2, 0.25) is 0 Å². The van der Waals surface area contributed by atoms with E-state index in [9.17, 15) is 0 Å². The minimum atomic E-state index is -0.0549. The van der Waals surface area contributed by atoms with Crippen LogP contribution in [-0.4, -0.2) is 19.9 Å². The summed E-state index contributed by atoms with van der Waals surface area (Å²) in [5.41, 5.74) is 8.97. The normalized spacial score (nSPS) is 12.6. The van der Waals surface area contributed by atoms with E-state index in [4.69, 9.17) is 9.47 Å². The number of para-hydroxylation sites is 4. The maximum Gasteiger partial charge on any atom is 0.255 e. The number of benzene rings is 5. The number of hydrogen-bond acceptors (Lipinski definition) is 4. The second-order valence-corrected chi connectivity index (χ2v) is 10.9. The summed E-state index contributed by atoms with van der Waals surface area (Å²) in [5.74, 6) is 3.43. The average Bonchev–Trinajstić information content (AvgIpc) is 2.99. The molecule has 0 bridgehead atoms. The lowest BCUT2D eigenvalue weighted by atomic mass is 9.35. The van der Waals surface area contributed by atoms with Crippen LogP contribution in [0.25, 0.3) is 0 Å². The molecule has 4 nitrogen and oxygen atoms in total. The van der Waals surface area contributed by atoms with E-state index in [0.717, 1.165) is 56.2 Å². The van der Waals surface area contributed by atoms with Gasteiger partial charge in [0.05, 0.1) is 11.9 Å². The second-order valence-electron chi connectivity index (χ2n) is 10.9. The average molecular weight is 539 g/mol. The zero-order chi connectivity index (χ0) is 28.5. The van der Waals surface area contributed by atoms with Gasteiger partial charge in [-0.05, 0) is 85.0 Å². The Hall–Kier alpha value is -4.64. The van der Waals surface area contributed by atoms with Crippen molar-refractivity contribution in [1.82, 2.24) is 0 Å². The van der Waals surface area contributed by atoms with Crippen molar-refractivity contribution in [2.45, 2.75) is 33.9 Å². The highest BCUT2D eigenvalue weighted by Gasteiger charge is 2.35. The molecule has 1 aliphatic rings. The molecule has 0 aliphatic carbocycles. The second kappa shape index (κ2) is 11.1.